The molecule has 0 atom stereocenters. The molecule has 0 fully saturated rings. The molecule has 28 heavy (non-hydrogen) atoms. The number of nitrogens with zero attached hydrogens (tertiary/aromatic N) is 2. The minimum absolute atomic E-state index is 0.185. The van der Waals surface area contributed by atoms with Gasteiger partial charge in [0.05, 0.1) is 20.6 Å². The highest BCUT2D eigenvalue weighted by atomic mass is 32.1. The molecule has 0 unspecified atom stereocenters. The zero-order valence-corrected chi connectivity index (χ0v) is 16.7. The van der Waals surface area contributed by atoms with E-state index < -0.39 is 0 Å². The van der Waals surface area contributed by atoms with E-state index in [1.807, 2.05) is 60.1 Å². The molecule has 0 aliphatic rings. The van der Waals surface area contributed by atoms with Crippen molar-refractivity contribution in [3.8, 4) is 11.5 Å². The van der Waals surface area contributed by atoms with Crippen molar-refractivity contribution in [1.82, 2.24) is 4.57 Å². The van der Waals surface area contributed by atoms with Crippen molar-refractivity contribution < 1.29 is 14.3 Å². The quantitative estimate of drug-likeness (QED) is 0.526. The maximum Gasteiger partial charge on any atom is 0.252 e. The van der Waals surface area contributed by atoms with Gasteiger partial charge >= 0.3 is 0 Å². The molecule has 6 heteroatoms. The van der Waals surface area contributed by atoms with E-state index in [0.29, 0.717) is 4.80 Å². The van der Waals surface area contributed by atoms with Crippen LogP contribution in [0.4, 0.5) is 0 Å². The van der Waals surface area contributed by atoms with Crippen LogP contribution in [0.2, 0.25) is 0 Å². The van der Waals surface area contributed by atoms with Crippen LogP contribution in [0.15, 0.2) is 59.6 Å². The summed E-state index contributed by atoms with van der Waals surface area (Å²) in [6.07, 6.45) is 0.257. The number of rotatable bonds is 4. The Hall–Kier alpha value is -3.12. The van der Waals surface area contributed by atoms with Crippen LogP contribution in [0.5, 0.6) is 11.5 Å². The summed E-state index contributed by atoms with van der Waals surface area (Å²) in [5.74, 6) is 1.27. The number of aryl methyl sites for hydroxylation is 1. The molecule has 0 bridgehead atoms. The molecule has 1 heterocycles. The second-order valence-electron chi connectivity index (χ2n) is 6.46. The predicted molar refractivity (Wildman–Crippen MR) is 112 cm³/mol. The van der Waals surface area contributed by atoms with Gasteiger partial charge in [0, 0.05) is 7.05 Å². The number of methoxy groups -OCH3 is 2. The Balaban J connectivity index is 1.72. The highest BCUT2D eigenvalue weighted by Crippen LogP contribution is 2.34. The van der Waals surface area contributed by atoms with E-state index in [-0.39, 0.29) is 12.3 Å². The second kappa shape index (κ2) is 7.48. The molecule has 0 aliphatic carbocycles. The number of carbonyl (C=O) groups excluding carboxylic acids is 1. The van der Waals surface area contributed by atoms with E-state index in [9.17, 15) is 4.79 Å². The molecule has 0 aliphatic heterocycles. The average molecular weight is 392 g/mol. The fourth-order valence-electron chi connectivity index (χ4n) is 3.30. The predicted octanol–water partition coefficient (Wildman–Crippen LogP) is 4.08. The molecular weight excluding hydrogens is 372 g/mol. The summed E-state index contributed by atoms with van der Waals surface area (Å²) in [4.78, 5) is 17.6. The Morgan fingerprint density at radius 1 is 1.00 bits per heavy atom. The molecule has 0 spiro atoms. The molecule has 142 valence electrons. The standard InChI is InChI=1S/C22H20N2O3S/c1-24-20-17(26-2)10-11-18(27-3)21(20)28-22(24)23-19(25)13-14-8-9-15-6-4-5-7-16(15)12-14/h4-12H,13H2,1-3H3. The highest BCUT2D eigenvalue weighted by Gasteiger charge is 2.14. The van der Waals surface area contributed by atoms with Crippen molar-refractivity contribution in [2.24, 2.45) is 12.0 Å². The number of fused-ring (bicyclic) bond motifs is 2. The largest absolute Gasteiger partial charge is 0.495 e. The van der Waals surface area contributed by atoms with Crippen LogP contribution in [0.25, 0.3) is 21.0 Å². The minimum Gasteiger partial charge on any atom is -0.495 e. The molecule has 5 nitrogen and oxygen atoms in total. The zero-order chi connectivity index (χ0) is 19.7. The first-order chi connectivity index (χ1) is 13.6. The van der Waals surface area contributed by atoms with Crippen LogP contribution in [0.1, 0.15) is 5.56 Å². The summed E-state index contributed by atoms with van der Waals surface area (Å²) < 4.78 is 13.7. The number of aromatic nitrogens is 1. The van der Waals surface area contributed by atoms with Gasteiger partial charge in [-0.05, 0) is 28.5 Å². The maximum atomic E-state index is 12.6. The first kappa shape index (κ1) is 18.3. The van der Waals surface area contributed by atoms with Gasteiger partial charge in [0.1, 0.15) is 21.7 Å². The van der Waals surface area contributed by atoms with Crippen molar-refractivity contribution in [2.45, 2.75) is 6.42 Å². The first-order valence-corrected chi connectivity index (χ1v) is 9.68. The second-order valence-corrected chi connectivity index (χ2v) is 7.43. The third kappa shape index (κ3) is 3.27. The highest BCUT2D eigenvalue weighted by molar-refractivity contribution is 7.16. The van der Waals surface area contributed by atoms with E-state index in [1.165, 1.54) is 11.3 Å². The van der Waals surface area contributed by atoms with Gasteiger partial charge in [-0.3, -0.25) is 4.79 Å². The van der Waals surface area contributed by atoms with Gasteiger partial charge in [0.25, 0.3) is 5.91 Å². The number of amides is 1. The number of thiazole rings is 1. The lowest BCUT2D eigenvalue weighted by Crippen LogP contribution is -2.14. The first-order valence-electron chi connectivity index (χ1n) is 8.86. The lowest BCUT2D eigenvalue weighted by atomic mass is 10.1. The van der Waals surface area contributed by atoms with Gasteiger partial charge in [-0.15, -0.1) is 0 Å². The van der Waals surface area contributed by atoms with Gasteiger partial charge in [0.2, 0.25) is 0 Å². The van der Waals surface area contributed by atoms with Crippen LogP contribution in [-0.4, -0.2) is 24.7 Å². The Morgan fingerprint density at radius 2 is 1.71 bits per heavy atom. The molecule has 4 aromatic rings. The van der Waals surface area contributed by atoms with Gasteiger partial charge in [-0.1, -0.05) is 53.8 Å². The molecule has 0 saturated carbocycles. The van der Waals surface area contributed by atoms with Crippen LogP contribution in [0.3, 0.4) is 0 Å². The zero-order valence-electron chi connectivity index (χ0n) is 15.9. The SMILES string of the molecule is COc1ccc(OC)c2c1sc(=NC(=O)Cc1ccc3ccccc3c1)n2C. The monoisotopic (exact) mass is 392 g/mol. The van der Waals surface area contributed by atoms with Crippen molar-refractivity contribution in [1.29, 1.82) is 0 Å². The number of carbonyl (C=O) groups is 1. The van der Waals surface area contributed by atoms with Crippen LogP contribution in [-0.2, 0) is 18.3 Å². The van der Waals surface area contributed by atoms with Crippen molar-refractivity contribution in [3.05, 3.63) is 65.0 Å². The van der Waals surface area contributed by atoms with E-state index in [4.69, 9.17) is 9.47 Å². The fourth-order valence-corrected chi connectivity index (χ4v) is 4.44. The smallest absolute Gasteiger partial charge is 0.252 e. The normalized spacial score (nSPS) is 11.9. The lowest BCUT2D eigenvalue weighted by molar-refractivity contribution is -0.117. The van der Waals surface area contributed by atoms with E-state index in [1.54, 1.807) is 14.2 Å². The van der Waals surface area contributed by atoms with Gasteiger partial charge in [-0.25, -0.2) is 0 Å². The van der Waals surface area contributed by atoms with E-state index in [0.717, 1.165) is 38.1 Å². The number of benzene rings is 3. The summed E-state index contributed by atoms with van der Waals surface area (Å²) >= 11 is 1.42. The molecule has 3 aromatic carbocycles. The average Bonchev–Trinajstić information content (AvgIpc) is 3.03. The number of ether oxygens (including phenoxy) is 2. The van der Waals surface area contributed by atoms with E-state index >= 15 is 0 Å². The molecule has 4 rings (SSSR count). The Labute approximate surface area is 166 Å². The summed E-state index contributed by atoms with van der Waals surface area (Å²) in [7, 11) is 5.13. The maximum absolute atomic E-state index is 12.6. The minimum atomic E-state index is -0.185. The Morgan fingerprint density at radius 3 is 2.46 bits per heavy atom. The lowest BCUT2D eigenvalue weighted by Gasteiger charge is -2.06. The molecule has 0 radical (unpaired) electrons. The van der Waals surface area contributed by atoms with Crippen molar-refractivity contribution >= 4 is 38.2 Å². The number of hydrogen-bond acceptors (Lipinski definition) is 4. The van der Waals surface area contributed by atoms with Gasteiger partial charge < -0.3 is 14.0 Å². The van der Waals surface area contributed by atoms with Gasteiger partial charge in [0.15, 0.2) is 4.80 Å². The van der Waals surface area contributed by atoms with E-state index in [2.05, 4.69) is 11.1 Å². The molecule has 1 aromatic heterocycles. The molecule has 0 N–H and O–H groups in total. The summed E-state index contributed by atoms with van der Waals surface area (Å²) in [5.41, 5.74) is 1.82. The Kier molecular flexibility index (Phi) is 4.88. The van der Waals surface area contributed by atoms with Gasteiger partial charge in [-0.2, -0.15) is 4.99 Å². The van der Waals surface area contributed by atoms with Crippen LogP contribution >= 0.6 is 11.3 Å². The molecule has 0 saturated heterocycles. The topological polar surface area (TPSA) is 52.8 Å². The number of hydrogen-bond donors (Lipinski definition) is 0. The third-order valence-corrected chi connectivity index (χ3v) is 5.85. The summed E-state index contributed by atoms with van der Waals surface area (Å²) in [6, 6.07) is 17.9. The molecular formula is C22H20N2O3S. The fraction of sp³-hybridized carbons (Fsp3) is 0.182. The summed E-state index contributed by atoms with van der Waals surface area (Å²) in [6.45, 7) is 0. The van der Waals surface area contributed by atoms with Crippen molar-refractivity contribution in [2.75, 3.05) is 14.2 Å². The molecule has 1 amide bonds. The van der Waals surface area contributed by atoms with Crippen LogP contribution in [0, 0.1) is 0 Å². The summed E-state index contributed by atoms with van der Waals surface area (Å²) in [5, 5.41) is 2.28. The van der Waals surface area contributed by atoms with Crippen molar-refractivity contribution in [3.63, 3.8) is 0 Å². The third-order valence-electron chi connectivity index (χ3n) is 4.70. The Bertz CT molecular complexity index is 1250. The van der Waals surface area contributed by atoms with Crippen LogP contribution < -0.4 is 14.3 Å².